The van der Waals surface area contributed by atoms with Crippen LogP contribution < -0.4 is 0 Å². The zero-order chi connectivity index (χ0) is 10.8. The fraction of sp³-hybridized carbons (Fsp3) is 0.250. The summed E-state index contributed by atoms with van der Waals surface area (Å²) in [6.45, 7) is 0.531. The normalized spacial score (nSPS) is 11.3. The molecule has 0 spiro atoms. The minimum atomic E-state index is 0.531. The molecule has 3 heteroatoms. The van der Waals surface area contributed by atoms with Gasteiger partial charge in [0.05, 0.1) is 0 Å². The molecule has 0 aliphatic rings. The summed E-state index contributed by atoms with van der Waals surface area (Å²) in [6.07, 6.45) is 6.64. The molecule has 2 nitrogen and oxygen atoms in total. The van der Waals surface area contributed by atoms with Crippen LogP contribution in [0.15, 0.2) is 47.0 Å². The van der Waals surface area contributed by atoms with Crippen LogP contribution in [0.3, 0.4) is 0 Å². The molecule has 0 N–H and O–H groups in total. The molecule has 1 aromatic carbocycles. The fourth-order valence-electron chi connectivity index (χ4n) is 0.994. The van der Waals surface area contributed by atoms with Crippen molar-refractivity contribution in [1.82, 2.24) is 0 Å². The van der Waals surface area contributed by atoms with E-state index in [2.05, 4.69) is 5.16 Å². The van der Waals surface area contributed by atoms with Gasteiger partial charge in [0.25, 0.3) is 0 Å². The summed E-state index contributed by atoms with van der Waals surface area (Å²) in [6, 6.07) is 10.00. The lowest BCUT2D eigenvalue weighted by atomic mass is 10.2. The van der Waals surface area contributed by atoms with Crippen LogP contribution in [-0.4, -0.2) is 12.5 Å². The molecule has 1 aromatic rings. The fourth-order valence-corrected chi connectivity index (χ4v) is 1.30. The zero-order valence-electron chi connectivity index (χ0n) is 8.80. The van der Waals surface area contributed by atoms with Crippen LogP contribution in [0.25, 0.3) is 0 Å². The summed E-state index contributed by atoms with van der Waals surface area (Å²) >= 11 is 1.68. The van der Waals surface area contributed by atoms with E-state index in [0.717, 1.165) is 12.0 Å². The van der Waals surface area contributed by atoms with Crippen molar-refractivity contribution in [2.75, 3.05) is 6.26 Å². The molecule has 0 saturated heterocycles. The summed E-state index contributed by atoms with van der Waals surface area (Å²) < 4.78 is 0. The molecule has 0 aliphatic carbocycles. The molecule has 0 saturated carbocycles. The summed E-state index contributed by atoms with van der Waals surface area (Å²) in [5.41, 5.74) is 1.13. The number of rotatable bonds is 6. The average molecular weight is 221 g/mol. The molecule has 0 aliphatic heterocycles. The summed E-state index contributed by atoms with van der Waals surface area (Å²) in [7, 11) is 0. The van der Waals surface area contributed by atoms with Crippen LogP contribution in [0.2, 0.25) is 0 Å². The number of allylic oxidation sites excluding steroid dienone is 1. The van der Waals surface area contributed by atoms with Crippen LogP contribution >= 0.6 is 11.8 Å². The van der Waals surface area contributed by atoms with Gasteiger partial charge < -0.3 is 4.84 Å². The van der Waals surface area contributed by atoms with Gasteiger partial charge in [-0.05, 0) is 17.2 Å². The summed E-state index contributed by atoms with van der Waals surface area (Å²) in [5.74, 6) is 0. The molecule has 80 valence electrons. The molecule has 0 atom stereocenters. The first-order chi connectivity index (χ1) is 7.43. The molecule has 0 aromatic heterocycles. The number of thioether (sulfide) groups is 1. The van der Waals surface area contributed by atoms with E-state index in [-0.39, 0.29) is 0 Å². The van der Waals surface area contributed by atoms with E-state index in [9.17, 15) is 0 Å². The van der Waals surface area contributed by atoms with E-state index < -0.39 is 0 Å². The minimum Gasteiger partial charge on any atom is -0.391 e. The third-order valence-corrected chi connectivity index (χ3v) is 2.16. The highest BCUT2D eigenvalue weighted by molar-refractivity contribution is 8.01. The van der Waals surface area contributed by atoms with Gasteiger partial charge in [-0.25, -0.2) is 0 Å². The molecule has 0 fully saturated rings. The van der Waals surface area contributed by atoms with Gasteiger partial charge in [0.15, 0.2) is 0 Å². The average Bonchev–Trinajstić information content (AvgIpc) is 2.29. The number of oxime groups is 1. The van der Waals surface area contributed by atoms with Gasteiger partial charge in [-0.2, -0.15) is 0 Å². The number of benzene rings is 1. The second-order valence-corrected chi connectivity index (χ2v) is 3.63. The maximum Gasteiger partial charge on any atom is 0.142 e. The molecule has 0 amide bonds. The second-order valence-electron chi connectivity index (χ2n) is 2.89. The Morgan fingerprint density at radius 1 is 1.33 bits per heavy atom. The first kappa shape index (κ1) is 11.9. The molecule has 0 radical (unpaired) electrons. The largest absolute Gasteiger partial charge is 0.391 e. The van der Waals surface area contributed by atoms with Gasteiger partial charge in [-0.3, -0.25) is 0 Å². The topological polar surface area (TPSA) is 21.6 Å². The van der Waals surface area contributed by atoms with Gasteiger partial charge in [-0.15, -0.1) is 11.8 Å². The Labute approximate surface area is 95.0 Å². The minimum absolute atomic E-state index is 0.531. The predicted octanol–water partition coefficient (Wildman–Crippen LogP) is 3.46. The van der Waals surface area contributed by atoms with Crippen LogP contribution in [0.4, 0.5) is 0 Å². The van der Waals surface area contributed by atoms with Gasteiger partial charge in [-0.1, -0.05) is 41.6 Å². The molecule has 0 unspecified atom stereocenters. The Morgan fingerprint density at radius 3 is 2.87 bits per heavy atom. The lowest BCUT2D eigenvalue weighted by Gasteiger charge is -1.97. The van der Waals surface area contributed by atoms with Crippen LogP contribution in [0, 0.1) is 0 Å². The molecular formula is C12H15NOS. The van der Waals surface area contributed by atoms with Crippen molar-refractivity contribution in [3.05, 3.63) is 47.4 Å². The highest BCUT2D eigenvalue weighted by Crippen LogP contribution is 2.00. The lowest BCUT2D eigenvalue weighted by molar-refractivity contribution is 0.131. The molecule has 0 bridgehead atoms. The Morgan fingerprint density at radius 2 is 2.13 bits per heavy atom. The molecule has 15 heavy (non-hydrogen) atoms. The van der Waals surface area contributed by atoms with E-state index in [1.54, 1.807) is 18.0 Å². The van der Waals surface area contributed by atoms with E-state index >= 15 is 0 Å². The van der Waals surface area contributed by atoms with Crippen molar-refractivity contribution >= 4 is 18.0 Å². The van der Waals surface area contributed by atoms with Gasteiger partial charge in [0.1, 0.15) is 6.61 Å². The van der Waals surface area contributed by atoms with Crippen LogP contribution in [0.1, 0.15) is 12.0 Å². The quantitative estimate of drug-likeness (QED) is 0.542. The number of nitrogens with zero attached hydrogens (tertiary/aromatic N) is 1. The Bertz CT molecular complexity index is 309. The monoisotopic (exact) mass is 221 g/mol. The van der Waals surface area contributed by atoms with Crippen molar-refractivity contribution in [1.29, 1.82) is 0 Å². The van der Waals surface area contributed by atoms with Crippen molar-refractivity contribution in [3.63, 3.8) is 0 Å². The first-order valence-electron chi connectivity index (χ1n) is 4.79. The van der Waals surface area contributed by atoms with Gasteiger partial charge in [0.2, 0.25) is 0 Å². The van der Waals surface area contributed by atoms with E-state index in [1.165, 1.54) is 0 Å². The first-order valence-corrected chi connectivity index (χ1v) is 6.08. The number of hydrogen-bond donors (Lipinski definition) is 0. The summed E-state index contributed by atoms with van der Waals surface area (Å²) in [4.78, 5) is 5.13. The number of hydrogen-bond acceptors (Lipinski definition) is 3. The zero-order valence-corrected chi connectivity index (χ0v) is 9.61. The van der Waals surface area contributed by atoms with Crippen molar-refractivity contribution in [3.8, 4) is 0 Å². The SMILES string of the molecule is CS/C=C\C/C=N/OCc1ccccc1. The maximum absolute atomic E-state index is 5.13. The highest BCUT2D eigenvalue weighted by Gasteiger charge is 1.88. The maximum atomic E-state index is 5.13. The molecular weight excluding hydrogens is 206 g/mol. The highest BCUT2D eigenvalue weighted by atomic mass is 32.2. The van der Waals surface area contributed by atoms with Crippen molar-refractivity contribution in [2.45, 2.75) is 13.0 Å². The standard InChI is InChI=1S/C12H15NOS/c1-15-10-6-5-9-13-14-11-12-7-3-2-4-8-12/h2-4,6-10H,5,11H2,1H3/b10-6-,13-9+. The molecule has 1 rings (SSSR count). The van der Waals surface area contributed by atoms with Gasteiger partial charge >= 0.3 is 0 Å². The lowest BCUT2D eigenvalue weighted by Crippen LogP contribution is -1.85. The smallest absolute Gasteiger partial charge is 0.142 e. The second kappa shape index (κ2) is 8.12. The Balaban J connectivity index is 2.14. The Kier molecular flexibility index (Phi) is 6.41. The predicted molar refractivity (Wildman–Crippen MR) is 67.0 cm³/mol. The van der Waals surface area contributed by atoms with Crippen LogP contribution in [-0.2, 0) is 11.4 Å². The van der Waals surface area contributed by atoms with E-state index in [4.69, 9.17) is 4.84 Å². The van der Waals surface area contributed by atoms with Crippen LogP contribution in [0.5, 0.6) is 0 Å². The third-order valence-electron chi connectivity index (χ3n) is 1.70. The summed E-state index contributed by atoms with van der Waals surface area (Å²) in [5, 5.41) is 5.88. The van der Waals surface area contributed by atoms with E-state index in [0.29, 0.717) is 6.61 Å². The molecule has 0 heterocycles. The third kappa shape index (κ3) is 5.96. The van der Waals surface area contributed by atoms with Crippen molar-refractivity contribution < 1.29 is 4.84 Å². The Hall–Kier alpha value is -1.22. The van der Waals surface area contributed by atoms with Gasteiger partial charge in [0, 0.05) is 12.6 Å². The van der Waals surface area contributed by atoms with Crippen molar-refractivity contribution in [2.24, 2.45) is 5.16 Å². The van der Waals surface area contributed by atoms with E-state index in [1.807, 2.05) is 48.1 Å².